The fourth-order valence-corrected chi connectivity index (χ4v) is 2.89. The Morgan fingerprint density at radius 1 is 1.41 bits per heavy atom. The Hall–Kier alpha value is -2.08. The quantitative estimate of drug-likeness (QED) is 0.265. The van der Waals surface area contributed by atoms with Crippen molar-refractivity contribution in [3.8, 4) is 0 Å². The minimum atomic E-state index is 0.210. The van der Waals surface area contributed by atoms with Crippen LogP contribution in [0.25, 0.3) is 0 Å². The summed E-state index contributed by atoms with van der Waals surface area (Å²) in [5, 5.41) is 0. The molecule has 0 fully saturated rings. The van der Waals surface area contributed by atoms with E-state index in [-0.39, 0.29) is 6.04 Å². The molecule has 0 aromatic rings. The largest absolute Gasteiger partial charge is 0.322 e. The van der Waals surface area contributed by atoms with Gasteiger partial charge in [-0.05, 0) is 63.3 Å². The number of rotatable bonds is 7. The third-order valence-electron chi connectivity index (χ3n) is 4.53. The molecule has 0 bridgehead atoms. The fraction of sp³-hybridized carbons (Fsp3) is 0.476. The highest BCUT2D eigenvalue weighted by Crippen LogP contribution is 2.18. The zero-order chi connectivity index (χ0) is 20.6. The molecule has 1 rings (SSSR count). The first kappa shape index (κ1) is 23.0. The molecule has 1 unspecified atom stereocenters. The molecule has 0 N–H and O–H groups in total. The van der Waals surface area contributed by atoms with Crippen LogP contribution in [0.2, 0.25) is 0 Å². The van der Waals surface area contributed by atoms with Gasteiger partial charge in [-0.25, -0.2) is 4.99 Å². The zero-order valence-corrected chi connectivity index (χ0v) is 18.8. The van der Waals surface area contributed by atoms with E-state index < -0.39 is 0 Å². The average molecular weight is 388 g/mol. The second kappa shape index (κ2) is 10.9. The van der Waals surface area contributed by atoms with Crippen LogP contribution in [-0.4, -0.2) is 54.2 Å². The summed E-state index contributed by atoms with van der Waals surface area (Å²) in [6.07, 6.45) is 10.9. The molecule has 1 atom stereocenters. The lowest BCUT2D eigenvalue weighted by Gasteiger charge is -2.32. The molecule has 1 heterocycles. The lowest BCUT2D eigenvalue weighted by atomic mass is 10.1. The molecule has 0 aromatic carbocycles. The average Bonchev–Trinajstić information content (AvgIpc) is 2.65. The maximum atomic E-state index is 4.67. The number of nitrogens with zero attached hydrogens (tertiary/aromatic N) is 5. The Morgan fingerprint density at radius 3 is 2.63 bits per heavy atom. The molecule has 0 spiro atoms. The summed E-state index contributed by atoms with van der Waals surface area (Å²) in [6.45, 7) is 14.1. The highest BCUT2D eigenvalue weighted by Gasteiger charge is 2.19. The summed E-state index contributed by atoms with van der Waals surface area (Å²) in [5.74, 6) is 2.80. The second-order valence-electron chi connectivity index (χ2n) is 6.59. The Morgan fingerprint density at radius 2 is 2.07 bits per heavy atom. The van der Waals surface area contributed by atoms with Gasteiger partial charge in [0.15, 0.2) is 5.84 Å². The number of aliphatic imine (C=N–C) groups is 2. The van der Waals surface area contributed by atoms with Gasteiger partial charge in [-0.2, -0.15) is 4.40 Å². The van der Waals surface area contributed by atoms with Crippen molar-refractivity contribution in [3.63, 3.8) is 0 Å². The van der Waals surface area contributed by atoms with Crippen molar-refractivity contribution in [2.75, 3.05) is 20.4 Å². The number of hydrogen-bond donors (Lipinski definition) is 0. The highest BCUT2D eigenvalue weighted by molar-refractivity contribution is 7.97. The first-order chi connectivity index (χ1) is 12.7. The molecule has 148 valence electrons. The van der Waals surface area contributed by atoms with Crippen LogP contribution >= 0.6 is 11.9 Å². The minimum Gasteiger partial charge on any atom is -0.322 e. The molecule has 27 heavy (non-hydrogen) atoms. The van der Waals surface area contributed by atoms with Gasteiger partial charge >= 0.3 is 0 Å². The van der Waals surface area contributed by atoms with E-state index in [2.05, 4.69) is 51.9 Å². The smallest absolute Gasteiger partial charge is 0.164 e. The summed E-state index contributed by atoms with van der Waals surface area (Å²) < 4.78 is 4.50. The van der Waals surface area contributed by atoms with Crippen LogP contribution in [0.5, 0.6) is 0 Å². The van der Waals surface area contributed by atoms with Crippen molar-refractivity contribution in [2.24, 2.45) is 14.4 Å². The van der Waals surface area contributed by atoms with Crippen LogP contribution in [0.15, 0.2) is 61.7 Å². The monoisotopic (exact) mass is 387 g/mol. The van der Waals surface area contributed by atoms with Gasteiger partial charge in [-0.15, -0.1) is 0 Å². The molecular weight excluding hydrogens is 354 g/mol. The van der Waals surface area contributed by atoms with Crippen LogP contribution in [0.4, 0.5) is 0 Å². The van der Waals surface area contributed by atoms with Crippen LogP contribution in [-0.2, 0) is 0 Å². The first-order valence-electron chi connectivity index (χ1n) is 9.11. The normalized spacial score (nSPS) is 19.7. The van der Waals surface area contributed by atoms with Crippen molar-refractivity contribution in [1.82, 2.24) is 9.80 Å². The third kappa shape index (κ3) is 6.54. The Kier molecular flexibility index (Phi) is 9.29. The standard InChI is InChI=1S/C21H33N5S/c1-10-15(3)12-16(4)17(5)21(24-27-9)22-14-25(7)20-13-19(11-2)23-18(6)26(20)8/h10,12-14,19H,1,11H2,2-9H3/b15-12-,17-16+,22-14?,24-21?. The maximum absolute atomic E-state index is 4.67. The van der Waals surface area contributed by atoms with E-state index >= 15 is 0 Å². The van der Waals surface area contributed by atoms with Gasteiger partial charge in [0.25, 0.3) is 0 Å². The minimum absolute atomic E-state index is 0.210. The number of hydrogen-bond acceptors (Lipinski definition) is 4. The van der Waals surface area contributed by atoms with Gasteiger partial charge in [0.05, 0.1) is 12.4 Å². The molecule has 0 aromatic heterocycles. The Bertz CT molecular complexity index is 725. The predicted octanol–water partition coefficient (Wildman–Crippen LogP) is 5.08. The summed E-state index contributed by atoms with van der Waals surface area (Å²) in [4.78, 5) is 13.4. The second-order valence-corrected chi connectivity index (χ2v) is 7.14. The van der Waals surface area contributed by atoms with E-state index in [9.17, 15) is 0 Å². The van der Waals surface area contributed by atoms with Crippen molar-refractivity contribution >= 4 is 30.0 Å². The molecule has 5 nitrogen and oxygen atoms in total. The van der Waals surface area contributed by atoms with Crippen LogP contribution in [0.3, 0.4) is 0 Å². The number of allylic oxidation sites excluding steroid dienone is 4. The summed E-state index contributed by atoms with van der Waals surface area (Å²) in [7, 11) is 4.03. The fourth-order valence-electron chi connectivity index (χ4n) is 2.54. The Labute approximate surface area is 169 Å². The number of amidine groups is 2. The van der Waals surface area contributed by atoms with Crippen molar-refractivity contribution in [1.29, 1.82) is 0 Å². The topological polar surface area (TPSA) is 43.6 Å². The molecule has 0 saturated carbocycles. The predicted molar refractivity (Wildman–Crippen MR) is 123 cm³/mol. The van der Waals surface area contributed by atoms with Gasteiger partial charge in [0, 0.05) is 20.4 Å². The molecule has 1 aliphatic rings. The van der Waals surface area contributed by atoms with E-state index in [1.807, 2.05) is 58.4 Å². The van der Waals surface area contributed by atoms with Crippen molar-refractivity contribution in [3.05, 3.63) is 47.3 Å². The van der Waals surface area contributed by atoms with E-state index in [1.165, 1.54) is 11.9 Å². The van der Waals surface area contributed by atoms with Crippen LogP contribution in [0, 0.1) is 0 Å². The van der Waals surface area contributed by atoms with E-state index in [0.29, 0.717) is 0 Å². The van der Waals surface area contributed by atoms with Gasteiger partial charge in [-0.1, -0.05) is 31.2 Å². The molecule has 0 saturated heterocycles. The van der Waals surface area contributed by atoms with E-state index in [0.717, 1.165) is 40.6 Å². The lowest BCUT2D eigenvalue weighted by molar-refractivity contribution is 0.435. The van der Waals surface area contributed by atoms with Gasteiger partial charge in [0.2, 0.25) is 0 Å². The molecule has 0 aliphatic carbocycles. The molecule has 1 aliphatic heterocycles. The first-order valence-corrected chi connectivity index (χ1v) is 10.3. The van der Waals surface area contributed by atoms with Gasteiger partial charge < -0.3 is 9.80 Å². The van der Waals surface area contributed by atoms with Crippen LogP contribution < -0.4 is 0 Å². The SMILES string of the molecule is C=C/C(C)=C\C(C)=C(/C)C(N=CN(C)C1=CC(CC)N=C(C)N1C)=NSC. The van der Waals surface area contributed by atoms with E-state index in [4.69, 9.17) is 0 Å². The third-order valence-corrected chi connectivity index (χ3v) is 4.88. The van der Waals surface area contributed by atoms with Crippen molar-refractivity contribution < 1.29 is 0 Å². The molecular formula is C21H33N5S. The summed E-state index contributed by atoms with van der Waals surface area (Å²) in [6, 6.07) is 0.210. The van der Waals surface area contributed by atoms with Gasteiger partial charge in [0.1, 0.15) is 11.7 Å². The van der Waals surface area contributed by atoms with E-state index in [1.54, 1.807) is 0 Å². The van der Waals surface area contributed by atoms with Crippen molar-refractivity contribution in [2.45, 2.75) is 47.1 Å². The molecule has 6 heteroatoms. The zero-order valence-electron chi connectivity index (χ0n) is 17.9. The Balaban J connectivity index is 3.12. The maximum Gasteiger partial charge on any atom is 0.164 e. The molecule has 0 radical (unpaired) electrons. The lowest BCUT2D eigenvalue weighted by Crippen LogP contribution is -2.37. The van der Waals surface area contributed by atoms with Crippen LogP contribution in [0.1, 0.15) is 41.0 Å². The summed E-state index contributed by atoms with van der Waals surface area (Å²) >= 11 is 1.41. The van der Waals surface area contributed by atoms with Gasteiger partial charge in [-0.3, -0.25) is 4.99 Å². The molecule has 0 amide bonds. The summed E-state index contributed by atoms with van der Waals surface area (Å²) in [5.41, 5.74) is 3.29. The highest BCUT2D eigenvalue weighted by atomic mass is 32.2.